The summed E-state index contributed by atoms with van der Waals surface area (Å²) in [6.07, 6.45) is 3.75. The summed E-state index contributed by atoms with van der Waals surface area (Å²) in [5.74, 6) is -4.48. The van der Waals surface area contributed by atoms with Crippen molar-refractivity contribution in [1.29, 1.82) is 0 Å². The van der Waals surface area contributed by atoms with Crippen molar-refractivity contribution in [1.82, 2.24) is 0 Å². The van der Waals surface area contributed by atoms with Crippen molar-refractivity contribution in [2.24, 2.45) is 11.8 Å². The van der Waals surface area contributed by atoms with Crippen molar-refractivity contribution >= 4 is 11.9 Å². The second-order valence-corrected chi connectivity index (χ2v) is 2.79. The molecule has 1 aliphatic carbocycles. The first kappa shape index (κ1) is 17.1. The van der Waals surface area contributed by atoms with Gasteiger partial charge in [-0.25, -0.2) is 0 Å². The Morgan fingerprint density at radius 3 is 1.43 bits per heavy atom. The van der Waals surface area contributed by atoms with Gasteiger partial charge in [-0.15, -0.1) is 0 Å². The Kier molecular flexibility index (Phi) is 9.65. The molecule has 0 saturated carbocycles. The maximum Gasteiger partial charge on any atom is 1.00 e. The normalized spacial score (nSPS) is 24.3. The van der Waals surface area contributed by atoms with Gasteiger partial charge in [-0.05, 0) is 12.8 Å². The van der Waals surface area contributed by atoms with E-state index in [1.165, 1.54) is 0 Å². The van der Waals surface area contributed by atoms with Crippen LogP contribution in [0.5, 0.6) is 0 Å². The third-order valence-corrected chi connectivity index (χ3v) is 2.04. The van der Waals surface area contributed by atoms with E-state index in [-0.39, 0.29) is 72.0 Å². The molecule has 0 aromatic heterocycles. The monoisotopic (exact) mass is 214 g/mol. The van der Waals surface area contributed by atoms with E-state index in [1.807, 2.05) is 0 Å². The average molecular weight is 214 g/mol. The van der Waals surface area contributed by atoms with Crippen molar-refractivity contribution in [3.8, 4) is 0 Å². The molecule has 2 atom stereocenters. The van der Waals surface area contributed by atoms with Crippen molar-refractivity contribution < 1.29 is 78.9 Å². The largest absolute Gasteiger partial charge is 1.00 e. The molecule has 6 heteroatoms. The van der Waals surface area contributed by atoms with Crippen LogP contribution in [0.2, 0.25) is 0 Å². The Hall–Kier alpha value is 0.680. The summed E-state index contributed by atoms with van der Waals surface area (Å²) in [5, 5.41) is 20.9. The summed E-state index contributed by atoms with van der Waals surface area (Å²) >= 11 is 0. The number of allylic oxidation sites excluding steroid dienone is 2. The standard InChI is InChI=1S/C8H10O4.2Na/c9-7(10)5-3-1-2-4-6(5)8(11)12;;/h1-2,5-6H,3-4H2,(H,9,10)(H,11,12);;/q;2*+1/p-2. The fourth-order valence-electron chi connectivity index (χ4n) is 1.34. The molecule has 0 fully saturated rings. The van der Waals surface area contributed by atoms with Crippen LogP contribution in [0.4, 0.5) is 0 Å². The summed E-state index contributed by atoms with van der Waals surface area (Å²) in [5.41, 5.74) is 0. The van der Waals surface area contributed by atoms with Crippen LogP contribution >= 0.6 is 0 Å². The van der Waals surface area contributed by atoms with E-state index >= 15 is 0 Å². The minimum absolute atomic E-state index is 0. The zero-order valence-electron chi connectivity index (χ0n) is 8.36. The van der Waals surface area contributed by atoms with Gasteiger partial charge in [0, 0.05) is 23.8 Å². The van der Waals surface area contributed by atoms with E-state index in [9.17, 15) is 19.8 Å². The first-order chi connectivity index (χ1) is 5.63. The van der Waals surface area contributed by atoms with E-state index in [1.54, 1.807) is 12.2 Å². The Morgan fingerprint density at radius 1 is 0.929 bits per heavy atom. The molecule has 0 aliphatic heterocycles. The first-order valence-corrected chi connectivity index (χ1v) is 3.69. The first-order valence-electron chi connectivity index (χ1n) is 3.69. The number of hydrogen-bond donors (Lipinski definition) is 0. The minimum atomic E-state index is -1.31. The van der Waals surface area contributed by atoms with Crippen molar-refractivity contribution in [3.63, 3.8) is 0 Å². The molecule has 14 heavy (non-hydrogen) atoms. The molecule has 0 saturated heterocycles. The number of carbonyl (C=O) groups excluding carboxylic acids is 2. The molecule has 0 spiro atoms. The van der Waals surface area contributed by atoms with Crippen molar-refractivity contribution in [3.05, 3.63) is 12.2 Å². The van der Waals surface area contributed by atoms with Crippen LogP contribution < -0.4 is 69.3 Å². The van der Waals surface area contributed by atoms with Gasteiger partial charge in [-0.2, -0.15) is 0 Å². The topological polar surface area (TPSA) is 80.3 Å². The van der Waals surface area contributed by atoms with Crippen LogP contribution in [0, 0.1) is 11.8 Å². The molecule has 0 aromatic rings. The molecule has 0 amide bonds. The van der Waals surface area contributed by atoms with E-state index in [0.717, 1.165) is 0 Å². The van der Waals surface area contributed by atoms with Gasteiger partial charge in [0.1, 0.15) is 0 Å². The maximum atomic E-state index is 10.4. The summed E-state index contributed by atoms with van der Waals surface area (Å²) < 4.78 is 0. The Labute approximate surface area is 126 Å². The quantitative estimate of drug-likeness (QED) is 0.338. The van der Waals surface area contributed by atoms with Gasteiger partial charge < -0.3 is 19.8 Å². The van der Waals surface area contributed by atoms with Gasteiger partial charge in [0.2, 0.25) is 0 Å². The van der Waals surface area contributed by atoms with Crippen LogP contribution in [0.3, 0.4) is 0 Å². The van der Waals surface area contributed by atoms with Crippen molar-refractivity contribution in [2.45, 2.75) is 12.8 Å². The molecular weight excluding hydrogens is 206 g/mol. The fourth-order valence-corrected chi connectivity index (χ4v) is 1.34. The minimum Gasteiger partial charge on any atom is -0.550 e. The zero-order valence-corrected chi connectivity index (χ0v) is 12.4. The van der Waals surface area contributed by atoms with Crippen LogP contribution in [-0.2, 0) is 9.59 Å². The van der Waals surface area contributed by atoms with Gasteiger partial charge in [0.25, 0.3) is 0 Å². The van der Waals surface area contributed by atoms with E-state index in [4.69, 9.17) is 0 Å². The van der Waals surface area contributed by atoms with Gasteiger partial charge in [0.15, 0.2) is 0 Å². The molecule has 0 N–H and O–H groups in total. The summed E-state index contributed by atoms with van der Waals surface area (Å²) in [4.78, 5) is 20.9. The van der Waals surface area contributed by atoms with Gasteiger partial charge in [0.05, 0.1) is 0 Å². The maximum absolute atomic E-state index is 10.4. The number of hydrogen-bond acceptors (Lipinski definition) is 4. The second-order valence-electron chi connectivity index (χ2n) is 2.79. The molecule has 0 aromatic carbocycles. The fraction of sp³-hybridized carbons (Fsp3) is 0.500. The Balaban J connectivity index is 0. The molecule has 2 unspecified atom stereocenters. The van der Waals surface area contributed by atoms with Crippen LogP contribution in [0.25, 0.3) is 0 Å². The van der Waals surface area contributed by atoms with Crippen LogP contribution in [-0.4, -0.2) is 11.9 Å². The third-order valence-electron chi connectivity index (χ3n) is 2.04. The van der Waals surface area contributed by atoms with Crippen molar-refractivity contribution in [2.75, 3.05) is 0 Å². The van der Waals surface area contributed by atoms with Gasteiger partial charge in [-0.3, -0.25) is 0 Å². The molecule has 0 radical (unpaired) electrons. The average Bonchev–Trinajstić information content (AvgIpc) is 2.04. The molecule has 0 heterocycles. The number of carboxylic acid groups (broad SMARTS) is 2. The number of aliphatic carboxylic acids is 2. The number of rotatable bonds is 2. The predicted molar refractivity (Wildman–Crippen MR) is 35.4 cm³/mol. The van der Waals surface area contributed by atoms with Crippen LogP contribution in [0.1, 0.15) is 12.8 Å². The summed E-state index contributed by atoms with van der Waals surface area (Å²) in [6, 6.07) is 0. The zero-order chi connectivity index (χ0) is 9.14. The molecule has 4 nitrogen and oxygen atoms in total. The van der Waals surface area contributed by atoms with Gasteiger partial charge >= 0.3 is 59.1 Å². The molecule has 1 rings (SSSR count). The molecule has 0 bridgehead atoms. The SMILES string of the molecule is O=C([O-])C1CC=CCC1C(=O)[O-].[Na+].[Na+]. The second kappa shape index (κ2) is 7.91. The smallest absolute Gasteiger partial charge is 0.550 e. The molecular formula is C8H8Na2O4. The van der Waals surface area contributed by atoms with E-state index < -0.39 is 23.8 Å². The van der Waals surface area contributed by atoms with E-state index in [0.29, 0.717) is 0 Å². The molecule has 66 valence electrons. The third kappa shape index (κ3) is 4.47. The molecule has 1 aliphatic rings. The number of carboxylic acids is 2. The summed E-state index contributed by atoms with van der Waals surface area (Å²) in [6.45, 7) is 0. The van der Waals surface area contributed by atoms with E-state index in [2.05, 4.69) is 0 Å². The van der Waals surface area contributed by atoms with Gasteiger partial charge in [-0.1, -0.05) is 12.2 Å². The predicted octanol–water partition coefficient (Wildman–Crippen LogP) is -7.92. The Morgan fingerprint density at radius 2 is 1.21 bits per heavy atom. The Bertz CT molecular complexity index is 215. The van der Waals surface area contributed by atoms with Crippen LogP contribution in [0.15, 0.2) is 12.2 Å². The summed E-state index contributed by atoms with van der Waals surface area (Å²) in [7, 11) is 0. The number of carbonyl (C=O) groups is 2.